The number of nitrogens with zero attached hydrogens (tertiary/aromatic N) is 2. The predicted octanol–water partition coefficient (Wildman–Crippen LogP) is 3.93. The van der Waals surface area contributed by atoms with Gasteiger partial charge in [0.2, 0.25) is 15.9 Å². The molecule has 0 unspecified atom stereocenters. The number of hydrogen-bond acceptors (Lipinski definition) is 7. The SMILES string of the molecule is CC(=O)Nc1cccc(COCCN(CCNS(=O)(=O)c2cccc3cnccc23)C(=O)OC(C)(C)C)c1. The largest absolute Gasteiger partial charge is 0.444 e. The van der Waals surface area contributed by atoms with E-state index in [4.69, 9.17) is 9.47 Å². The van der Waals surface area contributed by atoms with Crippen LogP contribution < -0.4 is 10.0 Å². The van der Waals surface area contributed by atoms with Crippen LogP contribution in [-0.4, -0.2) is 62.1 Å². The summed E-state index contributed by atoms with van der Waals surface area (Å²) in [4.78, 5) is 29.7. The molecule has 3 aromatic rings. The van der Waals surface area contributed by atoms with Gasteiger partial charge in [0, 0.05) is 55.4 Å². The molecule has 38 heavy (non-hydrogen) atoms. The van der Waals surface area contributed by atoms with E-state index in [0.29, 0.717) is 16.5 Å². The van der Waals surface area contributed by atoms with E-state index in [1.165, 1.54) is 17.9 Å². The maximum absolute atomic E-state index is 13.0. The van der Waals surface area contributed by atoms with Gasteiger partial charge in [-0.25, -0.2) is 17.9 Å². The Hall–Kier alpha value is -3.54. The third kappa shape index (κ3) is 8.79. The van der Waals surface area contributed by atoms with Gasteiger partial charge >= 0.3 is 6.09 Å². The highest BCUT2D eigenvalue weighted by Gasteiger charge is 2.23. The van der Waals surface area contributed by atoms with Crippen molar-refractivity contribution in [2.75, 3.05) is 31.6 Å². The molecule has 0 fully saturated rings. The minimum absolute atomic E-state index is 0.0121. The molecule has 11 heteroatoms. The van der Waals surface area contributed by atoms with Crippen molar-refractivity contribution in [3.63, 3.8) is 0 Å². The minimum atomic E-state index is -3.84. The Kier molecular flexibility index (Phi) is 9.78. The van der Waals surface area contributed by atoms with Gasteiger partial charge in [-0.2, -0.15) is 0 Å². The third-order valence-electron chi connectivity index (χ3n) is 5.28. The molecular formula is C27H34N4O6S. The molecule has 1 heterocycles. The summed E-state index contributed by atoms with van der Waals surface area (Å²) in [6.45, 7) is 7.48. The molecule has 0 saturated heterocycles. The normalized spacial score (nSPS) is 11.8. The molecule has 2 N–H and O–H groups in total. The van der Waals surface area contributed by atoms with E-state index in [1.807, 2.05) is 18.2 Å². The first-order chi connectivity index (χ1) is 17.9. The van der Waals surface area contributed by atoms with Crippen molar-refractivity contribution in [3.8, 4) is 0 Å². The maximum Gasteiger partial charge on any atom is 0.410 e. The number of sulfonamides is 1. The lowest BCUT2D eigenvalue weighted by atomic mass is 10.2. The fraction of sp³-hybridized carbons (Fsp3) is 0.370. The third-order valence-corrected chi connectivity index (χ3v) is 6.80. The standard InChI is InChI=1S/C27H34N4O6S/c1-20(32)30-23-9-5-7-21(17-23)19-36-16-15-31(26(33)37-27(2,3)4)14-13-29-38(34,35)25-10-6-8-22-18-28-12-11-24(22)25/h5-12,17-18,29H,13-16,19H2,1-4H3,(H,30,32). The number of pyridine rings is 1. The molecule has 0 aliphatic carbocycles. The number of carbonyl (C=O) groups excluding carboxylic acids is 2. The van der Waals surface area contributed by atoms with Gasteiger partial charge in [-0.15, -0.1) is 0 Å². The zero-order valence-corrected chi connectivity index (χ0v) is 22.9. The van der Waals surface area contributed by atoms with E-state index >= 15 is 0 Å². The van der Waals surface area contributed by atoms with Gasteiger partial charge in [0.05, 0.1) is 18.1 Å². The van der Waals surface area contributed by atoms with Crippen LogP contribution in [-0.2, 0) is 30.9 Å². The van der Waals surface area contributed by atoms with Crippen LogP contribution in [0.2, 0.25) is 0 Å². The molecule has 0 saturated carbocycles. The Morgan fingerprint density at radius 1 is 1.05 bits per heavy atom. The fourth-order valence-electron chi connectivity index (χ4n) is 3.65. The average molecular weight is 543 g/mol. The summed E-state index contributed by atoms with van der Waals surface area (Å²) < 4.78 is 39.9. The van der Waals surface area contributed by atoms with Gasteiger partial charge in [0.1, 0.15) is 5.60 Å². The highest BCUT2D eigenvalue weighted by atomic mass is 32.2. The van der Waals surface area contributed by atoms with Crippen molar-refractivity contribution in [1.29, 1.82) is 0 Å². The van der Waals surface area contributed by atoms with Crippen molar-refractivity contribution in [2.45, 2.75) is 44.8 Å². The number of aromatic nitrogens is 1. The minimum Gasteiger partial charge on any atom is -0.444 e. The number of nitrogens with one attached hydrogen (secondary N) is 2. The summed E-state index contributed by atoms with van der Waals surface area (Å²) in [5, 5.41) is 4.00. The number of fused-ring (bicyclic) bond motifs is 1. The first kappa shape index (κ1) is 29.0. The van der Waals surface area contributed by atoms with E-state index in [-0.39, 0.29) is 43.7 Å². The summed E-state index contributed by atoms with van der Waals surface area (Å²) in [5.41, 5.74) is 0.818. The maximum atomic E-state index is 13.0. The summed E-state index contributed by atoms with van der Waals surface area (Å²) in [7, 11) is -3.84. The summed E-state index contributed by atoms with van der Waals surface area (Å²) in [6.07, 6.45) is 2.58. The molecule has 0 atom stereocenters. The predicted molar refractivity (Wildman–Crippen MR) is 145 cm³/mol. The summed E-state index contributed by atoms with van der Waals surface area (Å²) in [6, 6.07) is 13.9. The zero-order chi connectivity index (χ0) is 27.8. The van der Waals surface area contributed by atoms with Crippen LogP contribution in [0.25, 0.3) is 10.8 Å². The fourth-order valence-corrected chi connectivity index (χ4v) is 4.90. The lowest BCUT2D eigenvalue weighted by molar-refractivity contribution is -0.114. The molecule has 0 aliphatic rings. The molecule has 10 nitrogen and oxygen atoms in total. The first-order valence-electron chi connectivity index (χ1n) is 12.2. The van der Waals surface area contributed by atoms with Crippen LogP contribution in [0.15, 0.2) is 65.8 Å². The monoisotopic (exact) mass is 542 g/mol. The van der Waals surface area contributed by atoms with Gasteiger partial charge in [0.15, 0.2) is 0 Å². The van der Waals surface area contributed by atoms with Crippen LogP contribution in [0.5, 0.6) is 0 Å². The molecule has 3 rings (SSSR count). The second-order valence-corrected chi connectivity index (χ2v) is 11.4. The van der Waals surface area contributed by atoms with Gasteiger partial charge in [-0.1, -0.05) is 24.3 Å². The Bertz CT molecular complexity index is 1370. The average Bonchev–Trinajstić information content (AvgIpc) is 2.83. The van der Waals surface area contributed by atoms with Crippen LogP contribution >= 0.6 is 0 Å². The highest BCUT2D eigenvalue weighted by Crippen LogP contribution is 2.21. The van der Waals surface area contributed by atoms with Crippen LogP contribution in [0.3, 0.4) is 0 Å². The zero-order valence-electron chi connectivity index (χ0n) is 22.1. The molecule has 0 spiro atoms. The van der Waals surface area contributed by atoms with Gasteiger partial charge in [-0.05, 0) is 50.6 Å². The summed E-state index contributed by atoms with van der Waals surface area (Å²) in [5.74, 6) is -0.163. The molecule has 1 aromatic heterocycles. The van der Waals surface area contributed by atoms with Crippen LogP contribution in [0.1, 0.15) is 33.3 Å². The number of carbonyl (C=O) groups is 2. The Morgan fingerprint density at radius 2 is 1.82 bits per heavy atom. The van der Waals surface area contributed by atoms with Gasteiger partial charge in [-0.3, -0.25) is 9.78 Å². The Morgan fingerprint density at radius 3 is 2.55 bits per heavy atom. The molecular weight excluding hydrogens is 508 g/mol. The number of amides is 2. The quantitative estimate of drug-likeness (QED) is 0.352. The first-order valence-corrected chi connectivity index (χ1v) is 13.7. The Labute approximate surface area is 223 Å². The molecule has 0 bridgehead atoms. The number of anilines is 1. The lowest BCUT2D eigenvalue weighted by Gasteiger charge is -2.27. The van der Waals surface area contributed by atoms with Crippen LogP contribution in [0.4, 0.5) is 10.5 Å². The highest BCUT2D eigenvalue weighted by molar-refractivity contribution is 7.89. The molecule has 0 radical (unpaired) electrons. The number of ether oxygens (including phenoxy) is 2. The topological polar surface area (TPSA) is 127 Å². The lowest BCUT2D eigenvalue weighted by Crippen LogP contribution is -2.43. The van der Waals surface area contributed by atoms with E-state index < -0.39 is 21.7 Å². The number of benzene rings is 2. The van der Waals surface area contributed by atoms with E-state index in [0.717, 1.165) is 5.56 Å². The number of hydrogen-bond donors (Lipinski definition) is 2. The van der Waals surface area contributed by atoms with Crippen molar-refractivity contribution in [3.05, 3.63) is 66.5 Å². The second-order valence-electron chi connectivity index (χ2n) is 9.65. The van der Waals surface area contributed by atoms with E-state index in [9.17, 15) is 18.0 Å². The van der Waals surface area contributed by atoms with Crippen LogP contribution in [0, 0.1) is 0 Å². The summed E-state index contributed by atoms with van der Waals surface area (Å²) >= 11 is 0. The Balaban J connectivity index is 1.60. The molecule has 2 aromatic carbocycles. The van der Waals surface area contributed by atoms with E-state index in [2.05, 4.69) is 15.0 Å². The van der Waals surface area contributed by atoms with Gasteiger partial charge in [0.25, 0.3) is 0 Å². The second kappa shape index (κ2) is 12.8. The molecule has 0 aliphatic heterocycles. The van der Waals surface area contributed by atoms with Crippen molar-refractivity contribution in [1.82, 2.24) is 14.6 Å². The smallest absolute Gasteiger partial charge is 0.410 e. The van der Waals surface area contributed by atoms with Gasteiger partial charge < -0.3 is 19.7 Å². The number of rotatable bonds is 11. The molecule has 2 amide bonds. The van der Waals surface area contributed by atoms with Crippen molar-refractivity contribution < 1.29 is 27.5 Å². The molecule has 204 valence electrons. The van der Waals surface area contributed by atoms with Crippen molar-refractivity contribution in [2.24, 2.45) is 0 Å². The van der Waals surface area contributed by atoms with Crippen molar-refractivity contribution >= 4 is 38.5 Å². The van der Waals surface area contributed by atoms with E-state index in [1.54, 1.807) is 57.4 Å².